The normalized spacial score (nSPS) is 14.3. The largest absolute Gasteiger partial charge is 0.314 e. The van der Waals surface area contributed by atoms with E-state index in [0.717, 1.165) is 12.8 Å². The average Bonchev–Trinajstić information content (AvgIpc) is 2.14. The van der Waals surface area contributed by atoms with Gasteiger partial charge in [-0.15, -0.1) is 0 Å². The van der Waals surface area contributed by atoms with Gasteiger partial charge in [0.05, 0.1) is 0 Å². The molecule has 0 aliphatic rings. The summed E-state index contributed by atoms with van der Waals surface area (Å²) in [4.78, 5) is 0. The molecule has 0 radical (unpaired) electrons. The summed E-state index contributed by atoms with van der Waals surface area (Å²) < 4.78 is 12.9. The molecule has 1 nitrogen and oxygen atoms in total. The highest BCUT2D eigenvalue weighted by Gasteiger charge is 2.15. The van der Waals surface area contributed by atoms with E-state index in [1.165, 1.54) is 6.42 Å². The molecule has 0 bridgehead atoms. The van der Waals surface area contributed by atoms with E-state index in [9.17, 15) is 4.39 Å². The molecule has 0 spiro atoms. The summed E-state index contributed by atoms with van der Waals surface area (Å²) in [6, 6.07) is 0.0648. The maximum atomic E-state index is 12.9. The van der Waals surface area contributed by atoms with Gasteiger partial charge >= 0.3 is 0 Å². The van der Waals surface area contributed by atoms with E-state index in [4.69, 9.17) is 0 Å². The lowest BCUT2D eigenvalue weighted by atomic mass is 10.1. The number of rotatable bonds is 5. The summed E-state index contributed by atoms with van der Waals surface area (Å²) >= 11 is 0. The Morgan fingerprint density at radius 1 is 1.15 bits per heavy atom. The lowest BCUT2D eigenvalue weighted by Gasteiger charge is -2.18. The lowest BCUT2D eigenvalue weighted by molar-refractivity contribution is 0.239. The Hall–Kier alpha value is -0.110. The zero-order valence-electron chi connectivity index (χ0n) is 9.86. The van der Waals surface area contributed by atoms with Crippen LogP contribution in [0.3, 0.4) is 0 Å². The summed E-state index contributed by atoms with van der Waals surface area (Å²) in [5.41, 5.74) is 0. The maximum absolute atomic E-state index is 12.9. The van der Waals surface area contributed by atoms with Crippen molar-refractivity contribution in [3.05, 3.63) is 0 Å². The minimum absolute atomic E-state index is 0.0648. The van der Waals surface area contributed by atoms with Crippen LogP contribution >= 0.6 is 0 Å². The topological polar surface area (TPSA) is 12.0 Å². The summed E-state index contributed by atoms with van der Waals surface area (Å²) in [5.74, 6) is 0. The molecular formula is C11H26FN. The van der Waals surface area contributed by atoms with Crippen LogP contribution < -0.4 is 5.32 Å². The Morgan fingerprint density at radius 2 is 1.62 bits per heavy atom. The zero-order valence-corrected chi connectivity index (χ0v) is 9.86. The van der Waals surface area contributed by atoms with Crippen LogP contribution in [0.4, 0.5) is 4.39 Å². The molecule has 0 saturated heterocycles. The number of hydrogen-bond acceptors (Lipinski definition) is 1. The van der Waals surface area contributed by atoms with E-state index >= 15 is 0 Å². The molecule has 0 amide bonds. The van der Waals surface area contributed by atoms with Crippen molar-refractivity contribution in [2.24, 2.45) is 0 Å². The predicted molar refractivity (Wildman–Crippen MR) is 58.9 cm³/mol. The summed E-state index contributed by atoms with van der Waals surface area (Å²) in [6.45, 7) is 8.21. The number of hydrogen-bond donors (Lipinski definition) is 1. The van der Waals surface area contributed by atoms with Crippen LogP contribution in [0.5, 0.6) is 0 Å². The van der Waals surface area contributed by atoms with Crippen LogP contribution in [0.15, 0.2) is 0 Å². The first kappa shape index (κ1) is 15.4. The van der Waals surface area contributed by atoms with Crippen molar-refractivity contribution < 1.29 is 4.39 Å². The summed E-state index contributed by atoms with van der Waals surface area (Å²) in [6.07, 6.45) is 3.17. The Balaban J connectivity index is 0. The summed E-state index contributed by atoms with van der Waals surface area (Å²) in [7, 11) is 1.82. The highest BCUT2D eigenvalue weighted by molar-refractivity contribution is 4.72. The zero-order chi connectivity index (χ0) is 10.7. The Morgan fingerprint density at radius 3 is 1.85 bits per heavy atom. The second-order valence-corrected chi connectivity index (χ2v) is 3.32. The molecule has 0 fully saturated rings. The fraction of sp³-hybridized carbons (Fsp3) is 1.00. The molecule has 0 aromatic rings. The number of alkyl halides is 1. The van der Waals surface area contributed by atoms with E-state index < -0.39 is 6.17 Å². The Kier molecular flexibility index (Phi) is 14.1. The third-order valence-corrected chi connectivity index (χ3v) is 1.80. The number of nitrogens with one attached hydrogen (secondary N) is 1. The molecule has 0 heterocycles. The van der Waals surface area contributed by atoms with Gasteiger partial charge in [0, 0.05) is 6.04 Å². The quantitative estimate of drug-likeness (QED) is 0.701. The van der Waals surface area contributed by atoms with Crippen molar-refractivity contribution in [3.8, 4) is 0 Å². The van der Waals surface area contributed by atoms with Gasteiger partial charge in [-0.2, -0.15) is 0 Å². The summed E-state index contributed by atoms with van der Waals surface area (Å²) in [5, 5.41) is 2.98. The Labute approximate surface area is 83.1 Å². The minimum Gasteiger partial charge on any atom is -0.314 e. The molecule has 2 atom stereocenters. The van der Waals surface area contributed by atoms with Gasteiger partial charge in [-0.1, -0.05) is 40.5 Å². The van der Waals surface area contributed by atoms with Crippen molar-refractivity contribution in [1.29, 1.82) is 0 Å². The molecule has 0 rings (SSSR count). The van der Waals surface area contributed by atoms with Crippen LogP contribution in [0.1, 0.15) is 53.4 Å². The van der Waals surface area contributed by atoms with Gasteiger partial charge in [0.1, 0.15) is 6.17 Å². The fourth-order valence-electron chi connectivity index (χ4n) is 1.10. The molecule has 0 aliphatic heterocycles. The molecule has 1 N–H and O–H groups in total. The van der Waals surface area contributed by atoms with Crippen molar-refractivity contribution in [2.75, 3.05) is 7.05 Å². The monoisotopic (exact) mass is 191 g/mol. The van der Waals surface area contributed by atoms with Crippen molar-refractivity contribution >= 4 is 0 Å². The Bertz CT molecular complexity index is 86.2. The van der Waals surface area contributed by atoms with Gasteiger partial charge in [-0.3, -0.25) is 0 Å². The standard InChI is InChI=1S/C8H18FN.C3H8/c1-4-6-8(10-3)7(9)5-2;1-3-2/h7-8,10H,4-6H2,1-3H3;3H2,1-2H3. The highest BCUT2D eigenvalue weighted by Crippen LogP contribution is 2.08. The van der Waals surface area contributed by atoms with Gasteiger partial charge < -0.3 is 5.32 Å². The molecule has 0 saturated carbocycles. The van der Waals surface area contributed by atoms with E-state index in [1.807, 2.05) is 14.0 Å². The molecule has 13 heavy (non-hydrogen) atoms. The fourth-order valence-corrected chi connectivity index (χ4v) is 1.10. The first-order chi connectivity index (χ1) is 6.17. The van der Waals surface area contributed by atoms with Gasteiger partial charge in [0.25, 0.3) is 0 Å². The molecule has 2 heteroatoms. The van der Waals surface area contributed by atoms with E-state index in [0.29, 0.717) is 6.42 Å². The molecular weight excluding hydrogens is 165 g/mol. The van der Waals surface area contributed by atoms with Gasteiger partial charge in [-0.05, 0) is 19.9 Å². The second kappa shape index (κ2) is 11.9. The third kappa shape index (κ3) is 9.81. The molecule has 0 aliphatic carbocycles. The minimum atomic E-state index is -0.676. The van der Waals surface area contributed by atoms with Gasteiger partial charge in [0.15, 0.2) is 0 Å². The van der Waals surface area contributed by atoms with Crippen LogP contribution in [0.2, 0.25) is 0 Å². The number of halogens is 1. The van der Waals surface area contributed by atoms with Crippen LogP contribution in [-0.4, -0.2) is 19.3 Å². The van der Waals surface area contributed by atoms with E-state index in [2.05, 4.69) is 26.1 Å². The first-order valence-corrected chi connectivity index (χ1v) is 5.49. The second-order valence-electron chi connectivity index (χ2n) is 3.32. The smallest absolute Gasteiger partial charge is 0.115 e. The highest BCUT2D eigenvalue weighted by atomic mass is 19.1. The van der Waals surface area contributed by atoms with Crippen LogP contribution in [0, 0.1) is 0 Å². The van der Waals surface area contributed by atoms with E-state index in [1.54, 1.807) is 0 Å². The van der Waals surface area contributed by atoms with Crippen molar-refractivity contribution in [3.63, 3.8) is 0 Å². The molecule has 0 aromatic heterocycles. The van der Waals surface area contributed by atoms with E-state index in [-0.39, 0.29) is 6.04 Å². The predicted octanol–water partition coefficient (Wildman–Crippen LogP) is 3.54. The first-order valence-electron chi connectivity index (χ1n) is 5.49. The van der Waals surface area contributed by atoms with Gasteiger partial charge in [-0.25, -0.2) is 4.39 Å². The third-order valence-electron chi connectivity index (χ3n) is 1.80. The molecule has 0 aromatic carbocycles. The SMILES string of the molecule is CCC.CCCC(NC)C(F)CC. The maximum Gasteiger partial charge on any atom is 0.115 e. The molecule has 2 unspecified atom stereocenters. The van der Waals surface area contributed by atoms with Crippen molar-refractivity contribution in [2.45, 2.75) is 65.6 Å². The van der Waals surface area contributed by atoms with Crippen LogP contribution in [0.25, 0.3) is 0 Å². The lowest BCUT2D eigenvalue weighted by Crippen LogP contribution is -2.34. The van der Waals surface area contributed by atoms with Gasteiger partial charge in [0.2, 0.25) is 0 Å². The molecule has 82 valence electrons. The average molecular weight is 191 g/mol. The van der Waals surface area contributed by atoms with Crippen molar-refractivity contribution in [1.82, 2.24) is 5.32 Å². The van der Waals surface area contributed by atoms with Crippen LogP contribution in [-0.2, 0) is 0 Å².